The lowest BCUT2D eigenvalue weighted by atomic mass is 10.2. The monoisotopic (exact) mass is 302 g/mol. The maximum atomic E-state index is 11.2. The van der Waals surface area contributed by atoms with Gasteiger partial charge in [0.05, 0.1) is 6.42 Å². The molecule has 1 N–H and O–H groups in total. The Labute approximate surface area is 117 Å². The molecule has 1 atom stereocenters. The van der Waals surface area contributed by atoms with Crippen LogP contribution in [-0.2, 0) is 43.0 Å². The van der Waals surface area contributed by atoms with Gasteiger partial charge in [0.25, 0.3) is 0 Å². The molecule has 0 aromatic rings. The molecule has 0 heterocycles. The van der Waals surface area contributed by atoms with Crippen LogP contribution in [-0.4, -0.2) is 52.4 Å². The molecular weight excluding hydrogens is 292 g/mol. The number of aliphatic hydroxyl groups is 1. The summed E-state index contributed by atoms with van der Waals surface area (Å²) < 4.78 is 7.68. The maximum absolute atomic E-state index is 11.2. The molecule has 0 spiro atoms. The molecule has 0 rings (SSSR count). The fraction of sp³-hybridized carbons (Fsp3) is 0.364. The van der Waals surface area contributed by atoms with Crippen molar-refractivity contribution < 1.29 is 48.1 Å². The molecule has 21 heavy (non-hydrogen) atoms. The summed E-state index contributed by atoms with van der Waals surface area (Å²) in [5, 5.41) is 9.19. The van der Waals surface area contributed by atoms with Crippen molar-refractivity contribution in [3.63, 3.8) is 0 Å². The quantitative estimate of drug-likeness (QED) is 0.319. The van der Waals surface area contributed by atoms with Gasteiger partial charge < -0.3 is 14.6 Å². The van der Waals surface area contributed by atoms with Crippen LogP contribution >= 0.6 is 0 Å². The van der Waals surface area contributed by atoms with Crippen LogP contribution < -0.4 is 0 Å². The van der Waals surface area contributed by atoms with Gasteiger partial charge in [-0.25, -0.2) is 19.2 Å². The Morgan fingerprint density at radius 1 is 0.810 bits per heavy atom. The standard InChI is InChI=1S/C11H10O10/c1-4(12)8(16)20-10(18)6(14)3-7(15)11(19)21-9(17)5(2)13/h6,14H,3H2,1-2H3. The third-order valence-corrected chi connectivity index (χ3v) is 1.83. The summed E-state index contributed by atoms with van der Waals surface area (Å²) >= 11 is 0. The van der Waals surface area contributed by atoms with E-state index in [0.29, 0.717) is 0 Å². The number of ether oxygens (including phenoxy) is 2. The second-order valence-corrected chi connectivity index (χ2v) is 3.64. The molecule has 0 bridgehead atoms. The molecule has 10 heteroatoms. The molecule has 0 saturated carbocycles. The summed E-state index contributed by atoms with van der Waals surface area (Å²) in [5.41, 5.74) is 0. The first-order chi connectivity index (χ1) is 9.56. The summed E-state index contributed by atoms with van der Waals surface area (Å²) in [7, 11) is 0. The van der Waals surface area contributed by atoms with Crippen molar-refractivity contribution in [3.8, 4) is 0 Å². The van der Waals surface area contributed by atoms with Crippen molar-refractivity contribution in [3.05, 3.63) is 0 Å². The van der Waals surface area contributed by atoms with Gasteiger partial charge in [-0.15, -0.1) is 0 Å². The van der Waals surface area contributed by atoms with Gasteiger partial charge in [0, 0.05) is 13.8 Å². The molecule has 0 saturated heterocycles. The predicted octanol–water partition coefficient (Wildman–Crippen LogP) is -2.38. The van der Waals surface area contributed by atoms with Gasteiger partial charge in [-0.05, 0) is 0 Å². The average Bonchev–Trinajstić information content (AvgIpc) is 2.37. The number of carbonyl (C=O) groups excluding carboxylic acids is 7. The number of rotatable bonds is 6. The molecule has 0 aromatic heterocycles. The molecule has 0 aliphatic rings. The molecule has 0 fully saturated rings. The van der Waals surface area contributed by atoms with Crippen LogP contribution in [0.2, 0.25) is 0 Å². The third-order valence-electron chi connectivity index (χ3n) is 1.83. The Morgan fingerprint density at radius 3 is 1.67 bits per heavy atom. The smallest absolute Gasteiger partial charge is 0.382 e. The van der Waals surface area contributed by atoms with E-state index < -0.39 is 53.8 Å². The van der Waals surface area contributed by atoms with Crippen LogP contribution in [0.1, 0.15) is 20.3 Å². The van der Waals surface area contributed by atoms with Crippen LogP contribution in [0.25, 0.3) is 0 Å². The van der Waals surface area contributed by atoms with Gasteiger partial charge in [-0.3, -0.25) is 14.4 Å². The third kappa shape index (κ3) is 6.29. The normalized spacial score (nSPS) is 11.0. The van der Waals surface area contributed by atoms with E-state index in [0.717, 1.165) is 13.8 Å². The second-order valence-electron chi connectivity index (χ2n) is 3.64. The number of Topliss-reactive ketones (excluding diaryl/α,β-unsaturated/α-hetero) is 3. The molecule has 0 radical (unpaired) electrons. The lowest BCUT2D eigenvalue weighted by molar-refractivity contribution is -0.171. The fourth-order valence-corrected chi connectivity index (χ4v) is 0.786. The molecule has 0 aliphatic heterocycles. The molecule has 0 amide bonds. The molecule has 114 valence electrons. The van der Waals surface area contributed by atoms with Gasteiger partial charge in [-0.1, -0.05) is 0 Å². The topological polar surface area (TPSA) is 158 Å². The first-order valence-electron chi connectivity index (χ1n) is 5.30. The van der Waals surface area contributed by atoms with Crippen LogP contribution in [0, 0.1) is 0 Å². The summed E-state index contributed by atoms with van der Waals surface area (Å²) in [5.74, 6) is -10.3. The summed E-state index contributed by atoms with van der Waals surface area (Å²) in [4.78, 5) is 75.7. The predicted molar refractivity (Wildman–Crippen MR) is 59.2 cm³/mol. The van der Waals surface area contributed by atoms with Crippen molar-refractivity contribution in [1.29, 1.82) is 0 Å². The van der Waals surface area contributed by atoms with E-state index in [1.807, 2.05) is 0 Å². The lowest BCUT2D eigenvalue weighted by Gasteiger charge is -2.07. The number of esters is 4. The number of hydrogen-bond donors (Lipinski definition) is 1. The highest BCUT2D eigenvalue weighted by Crippen LogP contribution is 2.00. The highest BCUT2D eigenvalue weighted by Gasteiger charge is 2.29. The molecule has 10 nitrogen and oxygen atoms in total. The molecular formula is C11H10O10. The average molecular weight is 302 g/mol. The number of ketones is 3. The minimum atomic E-state index is -2.22. The van der Waals surface area contributed by atoms with Gasteiger partial charge in [0.1, 0.15) is 0 Å². The van der Waals surface area contributed by atoms with Crippen LogP contribution in [0.3, 0.4) is 0 Å². The van der Waals surface area contributed by atoms with Crippen LogP contribution in [0.15, 0.2) is 0 Å². The molecule has 0 aromatic carbocycles. The second kappa shape index (κ2) is 7.75. The largest absolute Gasteiger partial charge is 0.385 e. The summed E-state index contributed by atoms with van der Waals surface area (Å²) in [6.45, 7) is 1.59. The lowest BCUT2D eigenvalue weighted by Crippen LogP contribution is -2.33. The van der Waals surface area contributed by atoms with Crippen LogP contribution in [0.4, 0.5) is 0 Å². The Kier molecular flexibility index (Phi) is 6.73. The highest BCUT2D eigenvalue weighted by atomic mass is 16.6. The zero-order chi connectivity index (χ0) is 16.7. The van der Waals surface area contributed by atoms with E-state index in [9.17, 15) is 38.7 Å². The van der Waals surface area contributed by atoms with E-state index in [1.54, 1.807) is 0 Å². The summed E-state index contributed by atoms with van der Waals surface area (Å²) in [6, 6.07) is 0. The van der Waals surface area contributed by atoms with Crippen molar-refractivity contribution in [1.82, 2.24) is 0 Å². The Bertz CT molecular complexity index is 529. The first kappa shape index (κ1) is 18.2. The minimum absolute atomic E-state index is 0.791. The first-order valence-corrected chi connectivity index (χ1v) is 5.30. The van der Waals surface area contributed by atoms with E-state index in [4.69, 9.17) is 0 Å². The summed E-state index contributed by atoms with van der Waals surface area (Å²) in [6.07, 6.45) is -3.38. The SMILES string of the molecule is CC(=O)C(=O)OC(=O)C(=O)CC(O)C(=O)OC(=O)C(C)=O. The van der Waals surface area contributed by atoms with E-state index in [-0.39, 0.29) is 0 Å². The van der Waals surface area contributed by atoms with E-state index in [1.165, 1.54) is 0 Å². The zero-order valence-corrected chi connectivity index (χ0v) is 10.9. The van der Waals surface area contributed by atoms with Crippen molar-refractivity contribution in [2.75, 3.05) is 0 Å². The number of aliphatic hydroxyl groups excluding tert-OH is 1. The Morgan fingerprint density at radius 2 is 1.24 bits per heavy atom. The van der Waals surface area contributed by atoms with E-state index in [2.05, 4.69) is 9.47 Å². The number of carbonyl (C=O) groups is 7. The van der Waals surface area contributed by atoms with Gasteiger partial charge in [0.15, 0.2) is 6.10 Å². The maximum Gasteiger partial charge on any atom is 0.382 e. The van der Waals surface area contributed by atoms with Crippen molar-refractivity contribution >= 4 is 41.2 Å². The number of hydrogen-bond acceptors (Lipinski definition) is 10. The highest BCUT2D eigenvalue weighted by molar-refractivity contribution is 6.42. The van der Waals surface area contributed by atoms with E-state index >= 15 is 0 Å². The van der Waals surface area contributed by atoms with Crippen LogP contribution in [0.5, 0.6) is 0 Å². The van der Waals surface area contributed by atoms with Crippen molar-refractivity contribution in [2.45, 2.75) is 26.4 Å². The fourth-order valence-electron chi connectivity index (χ4n) is 0.786. The molecule has 0 aliphatic carbocycles. The Balaban J connectivity index is 4.50. The van der Waals surface area contributed by atoms with Gasteiger partial charge >= 0.3 is 23.9 Å². The van der Waals surface area contributed by atoms with Gasteiger partial charge in [0.2, 0.25) is 17.3 Å². The molecule has 1 unspecified atom stereocenters. The Hall–Kier alpha value is -2.75. The minimum Gasteiger partial charge on any atom is -0.385 e. The zero-order valence-electron chi connectivity index (χ0n) is 10.9. The van der Waals surface area contributed by atoms with Gasteiger partial charge in [-0.2, -0.15) is 0 Å². The van der Waals surface area contributed by atoms with Crippen molar-refractivity contribution in [2.24, 2.45) is 0 Å².